The van der Waals surface area contributed by atoms with Crippen molar-refractivity contribution in [1.29, 1.82) is 0 Å². The first-order valence-electron chi connectivity index (χ1n) is 7.75. The van der Waals surface area contributed by atoms with Crippen LogP contribution >= 0.6 is 0 Å². The number of hydrogen-bond donors (Lipinski definition) is 2. The Morgan fingerprint density at radius 3 is 3.20 bits per heavy atom. The summed E-state index contributed by atoms with van der Waals surface area (Å²) in [4.78, 5) is 11.1. The molecule has 0 radical (unpaired) electrons. The fourth-order valence-corrected chi connectivity index (χ4v) is 3.55. The highest BCUT2D eigenvalue weighted by molar-refractivity contribution is 5.43. The van der Waals surface area contributed by atoms with Crippen LogP contribution in [0.1, 0.15) is 39.0 Å². The molecule has 1 aromatic heterocycles. The zero-order valence-corrected chi connectivity index (χ0v) is 12.2. The summed E-state index contributed by atoms with van der Waals surface area (Å²) in [7, 11) is 0. The van der Waals surface area contributed by atoms with Crippen LogP contribution in [0.3, 0.4) is 0 Å². The Balaban J connectivity index is 1.74. The lowest BCUT2D eigenvalue weighted by Gasteiger charge is -2.47. The lowest BCUT2D eigenvalue weighted by Crippen LogP contribution is -2.53. The maximum Gasteiger partial charge on any atom is 0.224 e. The van der Waals surface area contributed by atoms with E-state index in [2.05, 4.69) is 20.2 Å². The minimum absolute atomic E-state index is 0.391. The Bertz CT molecular complexity index is 467. The summed E-state index contributed by atoms with van der Waals surface area (Å²) in [6, 6.07) is 1.97. The van der Waals surface area contributed by atoms with Crippen molar-refractivity contribution in [2.45, 2.75) is 44.6 Å². The topological polar surface area (TPSA) is 61.3 Å². The molecule has 1 saturated carbocycles. The molecule has 0 aromatic carbocycles. The van der Waals surface area contributed by atoms with Crippen molar-refractivity contribution >= 4 is 11.8 Å². The summed E-state index contributed by atoms with van der Waals surface area (Å²) in [6.07, 6.45) is 7.19. The van der Waals surface area contributed by atoms with Crippen LogP contribution in [0, 0.1) is 5.92 Å². The van der Waals surface area contributed by atoms with Crippen LogP contribution in [0.5, 0.6) is 0 Å². The maximum absolute atomic E-state index is 10.7. The van der Waals surface area contributed by atoms with E-state index in [4.69, 9.17) is 0 Å². The summed E-state index contributed by atoms with van der Waals surface area (Å²) in [5, 5.41) is 13.9. The molecule has 20 heavy (non-hydrogen) atoms. The standard InChI is InChI=1S/C15H24N4O/c1-2-16-14-17-9-6-13(18-14)19-10-8-15(20)7-4-3-5-12(15)11-19/h6,9,12,20H,2-5,7-8,10-11H2,1H3,(H,16,17,18). The molecule has 2 atom stereocenters. The SMILES string of the molecule is CCNc1nccc(N2CCC3(O)CCCCC3C2)n1. The smallest absolute Gasteiger partial charge is 0.224 e. The van der Waals surface area contributed by atoms with Gasteiger partial charge in [0, 0.05) is 31.7 Å². The van der Waals surface area contributed by atoms with Crippen molar-refractivity contribution in [3.63, 3.8) is 0 Å². The van der Waals surface area contributed by atoms with Crippen molar-refractivity contribution in [2.24, 2.45) is 5.92 Å². The van der Waals surface area contributed by atoms with Gasteiger partial charge in [-0.1, -0.05) is 12.8 Å². The van der Waals surface area contributed by atoms with Gasteiger partial charge in [0.2, 0.25) is 5.95 Å². The van der Waals surface area contributed by atoms with Crippen molar-refractivity contribution in [1.82, 2.24) is 9.97 Å². The van der Waals surface area contributed by atoms with Gasteiger partial charge in [0.1, 0.15) is 5.82 Å². The maximum atomic E-state index is 10.7. The first-order chi connectivity index (χ1) is 9.71. The summed E-state index contributed by atoms with van der Waals surface area (Å²) < 4.78 is 0. The highest BCUT2D eigenvalue weighted by Gasteiger charge is 2.42. The number of nitrogens with zero attached hydrogens (tertiary/aromatic N) is 3. The van der Waals surface area contributed by atoms with Crippen LogP contribution in [0.2, 0.25) is 0 Å². The van der Waals surface area contributed by atoms with E-state index in [0.29, 0.717) is 11.9 Å². The third-order valence-corrected chi connectivity index (χ3v) is 4.73. The van der Waals surface area contributed by atoms with Crippen LogP contribution in [-0.2, 0) is 0 Å². The second-order valence-electron chi connectivity index (χ2n) is 6.01. The van der Waals surface area contributed by atoms with Crippen molar-refractivity contribution < 1.29 is 5.11 Å². The van der Waals surface area contributed by atoms with E-state index >= 15 is 0 Å². The molecule has 0 bridgehead atoms. The van der Waals surface area contributed by atoms with Gasteiger partial charge in [-0.25, -0.2) is 4.98 Å². The lowest BCUT2D eigenvalue weighted by atomic mass is 9.71. The third kappa shape index (κ3) is 2.59. The normalized spacial score (nSPS) is 29.9. The van der Waals surface area contributed by atoms with E-state index in [0.717, 1.165) is 44.7 Å². The Kier molecular flexibility index (Phi) is 3.78. The van der Waals surface area contributed by atoms with Crippen LogP contribution in [0.4, 0.5) is 11.8 Å². The number of hydrogen-bond acceptors (Lipinski definition) is 5. The van der Waals surface area contributed by atoms with Crippen LogP contribution in [0.15, 0.2) is 12.3 Å². The van der Waals surface area contributed by atoms with Gasteiger partial charge < -0.3 is 15.3 Å². The molecule has 2 N–H and O–H groups in total. The molecule has 1 aromatic rings. The average molecular weight is 276 g/mol. The first-order valence-corrected chi connectivity index (χ1v) is 7.75. The molecule has 2 fully saturated rings. The molecule has 0 amide bonds. The van der Waals surface area contributed by atoms with Gasteiger partial charge in [0.25, 0.3) is 0 Å². The molecule has 1 saturated heterocycles. The van der Waals surface area contributed by atoms with E-state index in [1.165, 1.54) is 12.8 Å². The van der Waals surface area contributed by atoms with E-state index in [1.807, 2.05) is 19.2 Å². The fourth-order valence-electron chi connectivity index (χ4n) is 3.55. The van der Waals surface area contributed by atoms with Crippen LogP contribution in [0.25, 0.3) is 0 Å². The van der Waals surface area contributed by atoms with Gasteiger partial charge >= 0.3 is 0 Å². The molecule has 110 valence electrons. The molecule has 3 rings (SSSR count). The third-order valence-electron chi connectivity index (χ3n) is 4.73. The van der Waals surface area contributed by atoms with Crippen LogP contribution in [-0.4, -0.2) is 40.3 Å². The Morgan fingerprint density at radius 2 is 2.35 bits per heavy atom. The van der Waals surface area contributed by atoms with Gasteiger partial charge in [0.15, 0.2) is 0 Å². The average Bonchev–Trinajstić information content (AvgIpc) is 2.47. The highest BCUT2D eigenvalue weighted by Crippen LogP contribution is 2.40. The highest BCUT2D eigenvalue weighted by atomic mass is 16.3. The molecule has 2 aliphatic rings. The number of aromatic nitrogens is 2. The second kappa shape index (κ2) is 5.56. The molecule has 2 heterocycles. The molecule has 0 spiro atoms. The zero-order valence-electron chi connectivity index (χ0n) is 12.2. The largest absolute Gasteiger partial charge is 0.389 e. The molecular formula is C15H24N4O. The van der Waals surface area contributed by atoms with Crippen molar-refractivity contribution in [3.05, 3.63) is 12.3 Å². The first kappa shape index (κ1) is 13.6. The molecule has 1 aliphatic heterocycles. The minimum atomic E-state index is -0.424. The van der Waals surface area contributed by atoms with Crippen molar-refractivity contribution in [3.8, 4) is 0 Å². The van der Waals surface area contributed by atoms with E-state index in [-0.39, 0.29) is 0 Å². The second-order valence-corrected chi connectivity index (χ2v) is 6.01. The molecule has 5 nitrogen and oxygen atoms in total. The van der Waals surface area contributed by atoms with Gasteiger partial charge in [-0.2, -0.15) is 4.98 Å². The molecule has 2 unspecified atom stereocenters. The Hall–Kier alpha value is -1.36. The van der Waals surface area contributed by atoms with Gasteiger partial charge in [-0.05, 0) is 32.3 Å². The monoisotopic (exact) mass is 276 g/mol. The number of fused-ring (bicyclic) bond motifs is 1. The minimum Gasteiger partial charge on any atom is -0.389 e. The number of rotatable bonds is 3. The van der Waals surface area contributed by atoms with E-state index in [1.54, 1.807) is 0 Å². The predicted molar refractivity (Wildman–Crippen MR) is 79.9 cm³/mol. The van der Waals surface area contributed by atoms with Gasteiger partial charge in [-0.3, -0.25) is 0 Å². The fraction of sp³-hybridized carbons (Fsp3) is 0.733. The van der Waals surface area contributed by atoms with Crippen molar-refractivity contribution in [2.75, 3.05) is 29.9 Å². The summed E-state index contributed by atoms with van der Waals surface area (Å²) >= 11 is 0. The van der Waals surface area contributed by atoms with Gasteiger partial charge in [-0.15, -0.1) is 0 Å². The lowest BCUT2D eigenvalue weighted by molar-refractivity contribution is -0.0613. The number of nitrogens with one attached hydrogen (secondary N) is 1. The Labute approximate surface area is 120 Å². The van der Waals surface area contributed by atoms with Crippen LogP contribution < -0.4 is 10.2 Å². The molecular weight excluding hydrogens is 252 g/mol. The summed E-state index contributed by atoms with van der Waals surface area (Å²) in [5.74, 6) is 2.06. The van der Waals surface area contributed by atoms with E-state index in [9.17, 15) is 5.11 Å². The summed E-state index contributed by atoms with van der Waals surface area (Å²) in [5.41, 5.74) is -0.424. The van der Waals surface area contributed by atoms with E-state index < -0.39 is 5.60 Å². The number of aliphatic hydroxyl groups is 1. The Morgan fingerprint density at radius 1 is 1.45 bits per heavy atom. The number of anilines is 2. The van der Waals surface area contributed by atoms with Gasteiger partial charge in [0.05, 0.1) is 5.60 Å². The molecule has 1 aliphatic carbocycles. The number of piperidine rings is 1. The molecule has 5 heteroatoms. The zero-order chi connectivity index (χ0) is 14.0. The predicted octanol–water partition coefficient (Wildman–Crippen LogP) is 2.04. The quantitative estimate of drug-likeness (QED) is 0.884. The summed E-state index contributed by atoms with van der Waals surface area (Å²) in [6.45, 7) is 4.67.